The van der Waals surface area contributed by atoms with Crippen molar-refractivity contribution in [3.8, 4) is 0 Å². The predicted molar refractivity (Wildman–Crippen MR) is 60.9 cm³/mol. The molecule has 0 unspecified atom stereocenters. The maximum absolute atomic E-state index is 11.7. The summed E-state index contributed by atoms with van der Waals surface area (Å²) in [6.45, 7) is 2.11. The van der Waals surface area contributed by atoms with Gasteiger partial charge in [-0.05, 0) is 25.0 Å². The van der Waals surface area contributed by atoms with Gasteiger partial charge in [0.1, 0.15) is 0 Å². The van der Waals surface area contributed by atoms with Crippen molar-refractivity contribution in [1.82, 2.24) is 9.47 Å². The summed E-state index contributed by atoms with van der Waals surface area (Å²) in [5.74, 6) is 0.170. The molecule has 0 saturated carbocycles. The first-order valence-electron chi connectivity index (χ1n) is 5.82. The van der Waals surface area contributed by atoms with E-state index in [2.05, 4.69) is 4.57 Å². The minimum Gasteiger partial charge on any atom is -0.391 e. The number of carbonyl (C=O) groups excluding carboxylic acids is 1. The molecule has 1 aliphatic rings. The fourth-order valence-electron chi connectivity index (χ4n) is 2.06. The second-order valence-electron chi connectivity index (χ2n) is 4.31. The van der Waals surface area contributed by atoms with Gasteiger partial charge in [0, 0.05) is 38.4 Å². The predicted octanol–water partition coefficient (Wildman–Crippen LogP) is 0.861. The Hall–Kier alpha value is -1.29. The van der Waals surface area contributed by atoms with Crippen LogP contribution in [0.4, 0.5) is 0 Å². The Bertz CT molecular complexity index is 335. The number of amides is 1. The standard InChI is InChI=1S/C12H18N2O2/c15-11-5-9-14(10-11)12(16)4-3-8-13-6-1-2-7-13/h1-2,6-7,11,15H,3-5,8-10H2/t11-/m0/s1. The minimum atomic E-state index is -0.312. The number of aryl methyl sites for hydroxylation is 1. The number of nitrogens with zero attached hydrogens (tertiary/aromatic N) is 2. The summed E-state index contributed by atoms with van der Waals surface area (Å²) in [6, 6.07) is 3.97. The average molecular weight is 222 g/mol. The largest absolute Gasteiger partial charge is 0.391 e. The van der Waals surface area contributed by atoms with Gasteiger partial charge in [-0.2, -0.15) is 0 Å². The number of aliphatic hydroxyl groups is 1. The van der Waals surface area contributed by atoms with Crippen LogP contribution in [0, 0.1) is 0 Å². The smallest absolute Gasteiger partial charge is 0.222 e. The van der Waals surface area contributed by atoms with E-state index in [4.69, 9.17) is 0 Å². The van der Waals surface area contributed by atoms with Crippen molar-refractivity contribution in [2.75, 3.05) is 13.1 Å². The number of carbonyl (C=O) groups is 1. The molecule has 88 valence electrons. The molecule has 0 aliphatic carbocycles. The molecular formula is C12H18N2O2. The number of rotatable bonds is 4. The Morgan fingerprint density at radius 1 is 1.38 bits per heavy atom. The molecule has 4 nitrogen and oxygen atoms in total. The molecule has 0 aromatic carbocycles. The highest BCUT2D eigenvalue weighted by Crippen LogP contribution is 2.11. The number of hydrogen-bond donors (Lipinski definition) is 1. The van der Waals surface area contributed by atoms with Crippen molar-refractivity contribution >= 4 is 5.91 Å². The Balaban J connectivity index is 1.68. The lowest BCUT2D eigenvalue weighted by Gasteiger charge is -2.15. The fourth-order valence-corrected chi connectivity index (χ4v) is 2.06. The van der Waals surface area contributed by atoms with Crippen LogP contribution in [-0.2, 0) is 11.3 Å². The maximum Gasteiger partial charge on any atom is 0.222 e. The highest BCUT2D eigenvalue weighted by molar-refractivity contribution is 5.76. The molecule has 2 rings (SSSR count). The van der Waals surface area contributed by atoms with Crippen LogP contribution >= 0.6 is 0 Å². The van der Waals surface area contributed by atoms with Gasteiger partial charge < -0.3 is 14.6 Å². The van der Waals surface area contributed by atoms with E-state index in [9.17, 15) is 9.90 Å². The van der Waals surface area contributed by atoms with Gasteiger partial charge in [0.25, 0.3) is 0 Å². The first-order valence-corrected chi connectivity index (χ1v) is 5.82. The number of hydrogen-bond acceptors (Lipinski definition) is 2. The first kappa shape index (κ1) is 11.2. The second-order valence-corrected chi connectivity index (χ2v) is 4.31. The van der Waals surface area contributed by atoms with Crippen LogP contribution in [-0.4, -0.2) is 39.7 Å². The van der Waals surface area contributed by atoms with Crippen LogP contribution in [0.3, 0.4) is 0 Å². The molecule has 16 heavy (non-hydrogen) atoms. The van der Waals surface area contributed by atoms with Crippen molar-refractivity contribution in [2.24, 2.45) is 0 Å². The average Bonchev–Trinajstić information content (AvgIpc) is 2.89. The summed E-state index contributed by atoms with van der Waals surface area (Å²) >= 11 is 0. The van der Waals surface area contributed by atoms with E-state index in [1.165, 1.54) is 0 Å². The van der Waals surface area contributed by atoms with E-state index in [0.717, 1.165) is 19.4 Å². The van der Waals surface area contributed by atoms with Crippen molar-refractivity contribution in [3.63, 3.8) is 0 Å². The number of aromatic nitrogens is 1. The molecule has 0 radical (unpaired) electrons. The van der Waals surface area contributed by atoms with Gasteiger partial charge in [0.15, 0.2) is 0 Å². The molecule has 1 N–H and O–H groups in total. The first-order chi connectivity index (χ1) is 7.75. The molecule has 1 atom stereocenters. The van der Waals surface area contributed by atoms with Gasteiger partial charge in [-0.15, -0.1) is 0 Å². The van der Waals surface area contributed by atoms with Crippen molar-refractivity contribution in [1.29, 1.82) is 0 Å². The zero-order valence-electron chi connectivity index (χ0n) is 9.38. The summed E-state index contributed by atoms with van der Waals surface area (Å²) in [4.78, 5) is 13.5. The molecule has 0 bridgehead atoms. The molecule has 1 aromatic heterocycles. The zero-order chi connectivity index (χ0) is 11.4. The summed E-state index contributed by atoms with van der Waals surface area (Å²) in [5, 5.41) is 9.33. The summed E-state index contributed by atoms with van der Waals surface area (Å²) in [5.41, 5.74) is 0. The molecule has 4 heteroatoms. The van der Waals surface area contributed by atoms with Gasteiger partial charge in [-0.1, -0.05) is 0 Å². The molecular weight excluding hydrogens is 204 g/mol. The van der Waals surface area contributed by atoms with Crippen LogP contribution in [0.15, 0.2) is 24.5 Å². The normalized spacial score (nSPS) is 20.3. The van der Waals surface area contributed by atoms with Crippen LogP contribution in [0.25, 0.3) is 0 Å². The lowest BCUT2D eigenvalue weighted by atomic mass is 10.3. The van der Waals surface area contributed by atoms with Gasteiger partial charge in [-0.3, -0.25) is 4.79 Å². The van der Waals surface area contributed by atoms with E-state index in [0.29, 0.717) is 19.5 Å². The molecule has 0 spiro atoms. The van der Waals surface area contributed by atoms with Crippen LogP contribution in [0.1, 0.15) is 19.3 Å². The topological polar surface area (TPSA) is 45.5 Å². The van der Waals surface area contributed by atoms with E-state index < -0.39 is 0 Å². The zero-order valence-corrected chi connectivity index (χ0v) is 9.38. The molecule has 1 fully saturated rings. The number of likely N-dealkylation sites (tertiary alicyclic amines) is 1. The third kappa shape index (κ3) is 2.85. The molecule has 1 aromatic rings. The summed E-state index contributed by atoms with van der Waals surface area (Å²) < 4.78 is 2.08. The van der Waals surface area contributed by atoms with Gasteiger partial charge in [0.05, 0.1) is 6.10 Å². The lowest BCUT2D eigenvalue weighted by molar-refractivity contribution is -0.130. The molecule has 1 aliphatic heterocycles. The van der Waals surface area contributed by atoms with Crippen molar-refractivity contribution < 1.29 is 9.90 Å². The number of β-amino-alcohol motifs (C(OH)–C–C–N with tert-alkyl or cyclic N) is 1. The Labute approximate surface area is 95.5 Å². The Morgan fingerprint density at radius 3 is 2.75 bits per heavy atom. The third-order valence-electron chi connectivity index (χ3n) is 2.99. The Kier molecular flexibility index (Phi) is 3.62. The quantitative estimate of drug-likeness (QED) is 0.821. The van der Waals surface area contributed by atoms with Gasteiger partial charge >= 0.3 is 0 Å². The monoisotopic (exact) mass is 222 g/mol. The highest BCUT2D eigenvalue weighted by Gasteiger charge is 2.23. The van der Waals surface area contributed by atoms with Crippen LogP contribution < -0.4 is 0 Å². The van der Waals surface area contributed by atoms with Gasteiger partial charge in [0.2, 0.25) is 5.91 Å². The highest BCUT2D eigenvalue weighted by atomic mass is 16.3. The van der Waals surface area contributed by atoms with E-state index in [1.54, 1.807) is 4.90 Å². The molecule has 1 saturated heterocycles. The molecule has 1 amide bonds. The van der Waals surface area contributed by atoms with Crippen LogP contribution in [0.5, 0.6) is 0 Å². The van der Waals surface area contributed by atoms with E-state index >= 15 is 0 Å². The van der Waals surface area contributed by atoms with Crippen LogP contribution in [0.2, 0.25) is 0 Å². The SMILES string of the molecule is O=C(CCCn1cccc1)N1CC[C@H](O)C1. The number of aliphatic hydroxyl groups excluding tert-OH is 1. The van der Waals surface area contributed by atoms with E-state index in [-0.39, 0.29) is 12.0 Å². The fraction of sp³-hybridized carbons (Fsp3) is 0.583. The Morgan fingerprint density at radius 2 is 2.12 bits per heavy atom. The van der Waals surface area contributed by atoms with E-state index in [1.807, 2.05) is 24.5 Å². The molecule has 2 heterocycles. The van der Waals surface area contributed by atoms with Gasteiger partial charge in [-0.25, -0.2) is 0 Å². The van der Waals surface area contributed by atoms with Crippen molar-refractivity contribution in [2.45, 2.75) is 31.9 Å². The third-order valence-corrected chi connectivity index (χ3v) is 2.99. The minimum absolute atomic E-state index is 0.170. The maximum atomic E-state index is 11.7. The summed E-state index contributed by atoms with van der Waals surface area (Å²) in [7, 11) is 0. The lowest BCUT2D eigenvalue weighted by Crippen LogP contribution is -2.29. The second kappa shape index (κ2) is 5.16. The summed E-state index contributed by atoms with van der Waals surface area (Å²) in [6.07, 6.45) is 5.86. The van der Waals surface area contributed by atoms with Crippen molar-refractivity contribution in [3.05, 3.63) is 24.5 Å².